The van der Waals surface area contributed by atoms with Crippen molar-refractivity contribution < 1.29 is 9.18 Å². The molecule has 1 aliphatic heterocycles. The molecule has 7 heteroatoms. The molecule has 2 amide bonds. The van der Waals surface area contributed by atoms with Crippen molar-refractivity contribution in [2.45, 2.75) is 18.4 Å². The van der Waals surface area contributed by atoms with E-state index >= 15 is 0 Å². The molecule has 1 aromatic rings. The third-order valence-electron chi connectivity index (χ3n) is 3.75. The number of benzene rings is 1. The highest BCUT2D eigenvalue weighted by Crippen LogP contribution is 2.22. The Kier molecular flexibility index (Phi) is 4.74. The zero-order valence-electron chi connectivity index (χ0n) is 11.9. The van der Waals surface area contributed by atoms with Gasteiger partial charge in [0.05, 0.1) is 10.5 Å². The summed E-state index contributed by atoms with van der Waals surface area (Å²) in [5, 5.41) is 5.46. The summed E-state index contributed by atoms with van der Waals surface area (Å²) in [6.07, 6.45) is 1.32. The third kappa shape index (κ3) is 3.89. The number of amides is 2. The van der Waals surface area contributed by atoms with Gasteiger partial charge >= 0.3 is 6.03 Å². The predicted molar refractivity (Wildman–Crippen MR) is 84.8 cm³/mol. The van der Waals surface area contributed by atoms with Crippen molar-refractivity contribution in [2.75, 3.05) is 25.5 Å². The Morgan fingerprint density at radius 1 is 1.43 bits per heavy atom. The number of nitrogens with two attached hydrogens (primary N) is 1. The fourth-order valence-electron chi connectivity index (χ4n) is 2.38. The molecule has 2 rings (SSSR count). The van der Waals surface area contributed by atoms with Crippen LogP contribution in [-0.4, -0.2) is 41.6 Å². The molecule has 1 fully saturated rings. The molecular formula is C14H19FN4OS. The van der Waals surface area contributed by atoms with Crippen LogP contribution in [-0.2, 0) is 0 Å². The highest BCUT2D eigenvalue weighted by Gasteiger charge is 2.38. The number of nitrogens with zero attached hydrogens (tertiary/aromatic N) is 1. The Hall–Kier alpha value is -1.73. The summed E-state index contributed by atoms with van der Waals surface area (Å²) in [5.74, 6) is -0.406. The summed E-state index contributed by atoms with van der Waals surface area (Å²) < 4.78 is 13.1. The molecule has 0 aliphatic carbocycles. The Bertz CT molecular complexity index is 544. The van der Waals surface area contributed by atoms with Crippen molar-refractivity contribution >= 4 is 28.9 Å². The molecule has 1 aromatic carbocycles. The lowest BCUT2D eigenvalue weighted by molar-refractivity contribution is 0.199. The molecule has 0 saturated carbocycles. The average Bonchev–Trinajstić information content (AvgIpc) is 2.41. The largest absolute Gasteiger partial charge is 0.391 e. The van der Waals surface area contributed by atoms with E-state index in [1.807, 2.05) is 7.05 Å². The molecule has 0 radical (unpaired) electrons. The van der Waals surface area contributed by atoms with Crippen LogP contribution in [0.5, 0.6) is 0 Å². The van der Waals surface area contributed by atoms with E-state index in [1.165, 1.54) is 18.2 Å². The first-order valence-corrected chi connectivity index (χ1v) is 7.15. The topological polar surface area (TPSA) is 70.4 Å². The first-order valence-electron chi connectivity index (χ1n) is 6.74. The van der Waals surface area contributed by atoms with Gasteiger partial charge in [-0.15, -0.1) is 0 Å². The minimum absolute atomic E-state index is 0.282. The van der Waals surface area contributed by atoms with Crippen LogP contribution in [0, 0.1) is 5.82 Å². The summed E-state index contributed by atoms with van der Waals surface area (Å²) in [6, 6.07) is 5.28. The van der Waals surface area contributed by atoms with E-state index in [4.69, 9.17) is 18.0 Å². The quantitative estimate of drug-likeness (QED) is 0.743. The predicted octanol–water partition coefficient (Wildman–Crippen LogP) is 1.70. The maximum absolute atomic E-state index is 13.1. The molecule has 1 heterocycles. The minimum atomic E-state index is -0.681. The van der Waals surface area contributed by atoms with Gasteiger partial charge in [-0.25, -0.2) is 9.18 Å². The highest BCUT2D eigenvalue weighted by molar-refractivity contribution is 7.80. The lowest BCUT2D eigenvalue weighted by Crippen LogP contribution is -2.62. The van der Waals surface area contributed by atoms with Gasteiger partial charge in [0, 0.05) is 18.8 Å². The van der Waals surface area contributed by atoms with E-state index in [9.17, 15) is 9.18 Å². The van der Waals surface area contributed by atoms with Gasteiger partial charge in [-0.3, -0.25) is 0 Å². The fraction of sp³-hybridized carbons (Fsp3) is 0.429. The molecule has 0 unspecified atom stereocenters. The fourth-order valence-corrected chi connectivity index (χ4v) is 2.63. The van der Waals surface area contributed by atoms with Crippen molar-refractivity contribution in [3.05, 3.63) is 30.1 Å². The molecule has 5 nitrogen and oxygen atoms in total. The molecule has 0 atom stereocenters. The van der Waals surface area contributed by atoms with Crippen molar-refractivity contribution in [2.24, 2.45) is 5.73 Å². The van der Waals surface area contributed by atoms with Crippen molar-refractivity contribution in [1.82, 2.24) is 10.2 Å². The van der Waals surface area contributed by atoms with Gasteiger partial charge in [-0.2, -0.15) is 0 Å². The maximum Gasteiger partial charge on any atom is 0.320 e. The van der Waals surface area contributed by atoms with Gasteiger partial charge in [-0.05, 0) is 38.1 Å². The van der Waals surface area contributed by atoms with E-state index in [0.29, 0.717) is 18.5 Å². The van der Waals surface area contributed by atoms with Crippen LogP contribution < -0.4 is 16.4 Å². The normalized spacial score (nSPS) is 18.0. The molecule has 0 aromatic heterocycles. The average molecular weight is 310 g/mol. The first-order chi connectivity index (χ1) is 9.91. The molecular weight excluding hydrogens is 291 g/mol. The molecule has 0 spiro atoms. The molecule has 114 valence electrons. The van der Waals surface area contributed by atoms with Gasteiger partial charge in [-0.1, -0.05) is 18.3 Å². The van der Waals surface area contributed by atoms with Crippen molar-refractivity contribution in [3.8, 4) is 0 Å². The van der Waals surface area contributed by atoms with Crippen LogP contribution in [0.15, 0.2) is 24.3 Å². The second-order valence-electron chi connectivity index (χ2n) is 5.34. The highest BCUT2D eigenvalue weighted by atomic mass is 32.1. The van der Waals surface area contributed by atoms with Crippen LogP contribution in [0.1, 0.15) is 12.8 Å². The maximum atomic E-state index is 13.1. The van der Waals surface area contributed by atoms with Gasteiger partial charge < -0.3 is 21.3 Å². The minimum Gasteiger partial charge on any atom is -0.391 e. The van der Waals surface area contributed by atoms with Crippen molar-refractivity contribution in [3.63, 3.8) is 0 Å². The Morgan fingerprint density at radius 2 is 2.10 bits per heavy atom. The summed E-state index contributed by atoms with van der Waals surface area (Å²) in [6.45, 7) is 1.61. The molecule has 1 aliphatic rings. The molecule has 4 N–H and O–H groups in total. The number of nitrogens with one attached hydrogen (secondary N) is 2. The lowest BCUT2D eigenvalue weighted by atomic mass is 9.87. The Morgan fingerprint density at radius 3 is 2.67 bits per heavy atom. The molecule has 0 bridgehead atoms. The van der Waals surface area contributed by atoms with Crippen molar-refractivity contribution in [1.29, 1.82) is 0 Å². The number of piperidine rings is 1. The van der Waals surface area contributed by atoms with Gasteiger partial charge in [0.2, 0.25) is 0 Å². The van der Waals surface area contributed by atoms with Crippen LogP contribution in [0.4, 0.5) is 14.9 Å². The first kappa shape index (κ1) is 15.7. The van der Waals surface area contributed by atoms with Crippen LogP contribution in [0.2, 0.25) is 0 Å². The zero-order valence-corrected chi connectivity index (χ0v) is 12.7. The van der Waals surface area contributed by atoms with E-state index in [2.05, 4.69) is 15.5 Å². The number of carbonyl (C=O) groups is 1. The van der Waals surface area contributed by atoms with Gasteiger partial charge in [0.25, 0.3) is 0 Å². The molecule has 1 saturated heterocycles. The number of hydrogen-bond acceptors (Lipinski definition) is 3. The number of anilines is 1. The van der Waals surface area contributed by atoms with Crippen LogP contribution in [0.25, 0.3) is 0 Å². The van der Waals surface area contributed by atoms with Crippen LogP contribution >= 0.6 is 12.2 Å². The standard InChI is InChI=1S/C14H19FN4OS/c1-19-7-5-14(6-8-19,12(16)21)18-13(20)17-11-4-2-3-10(15)9-11/h2-4,9H,5-8H2,1H3,(H2,16,21)(H2,17,18,20). The number of hydrogen-bond donors (Lipinski definition) is 3. The summed E-state index contributed by atoms with van der Waals surface area (Å²) in [5.41, 5.74) is 5.53. The summed E-state index contributed by atoms with van der Waals surface area (Å²) in [7, 11) is 2.01. The van der Waals surface area contributed by atoms with Gasteiger partial charge in [0.15, 0.2) is 0 Å². The number of thiocarbonyl (C=S) groups is 1. The van der Waals surface area contributed by atoms with E-state index in [0.717, 1.165) is 13.1 Å². The zero-order chi connectivity index (χ0) is 15.5. The van der Waals surface area contributed by atoms with Crippen LogP contribution in [0.3, 0.4) is 0 Å². The smallest absolute Gasteiger partial charge is 0.320 e. The van der Waals surface area contributed by atoms with E-state index in [-0.39, 0.29) is 4.99 Å². The third-order valence-corrected chi connectivity index (χ3v) is 4.14. The Labute approximate surface area is 128 Å². The lowest BCUT2D eigenvalue weighted by Gasteiger charge is -2.40. The number of urea groups is 1. The molecule has 21 heavy (non-hydrogen) atoms. The number of likely N-dealkylation sites (tertiary alicyclic amines) is 1. The van der Waals surface area contributed by atoms with E-state index in [1.54, 1.807) is 6.07 Å². The van der Waals surface area contributed by atoms with Gasteiger partial charge in [0.1, 0.15) is 5.82 Å². The van der Waals surface area contributed by atoms with E-state index < -0.39 is 17.4 Å². The summed E-state index contributed by atoms with van der Waals surface area (Å²) in [4.78, 5) is 14.5. The monoisotopic (exact) mass is 310 g/mol. The summed E-state index contributed by atoms with van der Waals surface area (Å²) >= 11 is 5.13. The second kappa shape index (κ2) is 6.36. The Balaban J connectivity index is 2.04. The number of halogens is 1. The second-order valence-corrected chi connectivity index (χ2v) is 5.78. The number of carbonyl (C=O) groups excluding carboxylic acids is 1. The SMILES string of the molecule is CN1CCC(NC(=O)Nc2cccc(F)c2)(C(N)=S)CC1. The number of rotatable bonds is 3.